The van der Waals surface area contributed by atoms with Crippen LogP contribution in [0, 0.1) is 12.3 Å². The van der Waals surface area contributed by atoms with Crippen LogP contribution in [0.3, 0.4) is 0 Å². The van der Waals surface area contributed by atoms with E-state index in [9.17, 15) is 4.79 Å². The number of hydrogen-bond acceptors (Lipinski definition) is 3. The normalized spacial score (nSPS) is 21.3. The third-order valence-corrected chi connectivity index (χ3v) is 3.77. The first-order valence-electron chi connectivity index (χ1n) is 6.82. The second-order valence-electron chi connectivity index (χ2n) is 5.12. The summed E-state index contributed by atoms with van der Waals surface area (Å²) in [6.07, 6.45) is 9.16. The van der Waals surface area contributed by atoms with Crippen LogP contribution in [0.5, 0.6) is 0 Å². The molecule has 0 radical (unpaired) electrons. The van der Waals surface area contributed by atoms with Gasteiger partial charge in [0, 0.05) is 12.6 Å². The zero-order valence-electron chi connectivity index (χ0n) is 11.5. The number of terminal acetylenes is 1. The van der Waals surface area contributed by atoms with Crippen LogP contribution in [0.2, 0.25) is 0 Å². The lowest BCUT2D eigenvalue weighted by Crippen LogP contribution is -2.52. The molecule has 102 valence electrons. The summed E-state index contributed by atoms with van der Waals surface area (Å²) in [5.74, 6) is 2.72. The van der Waals surface area contributed by atoms with Crippen LogP contribution >= 0.6 is 0 Å². The molecule has 18 heavy (non-hydrogen) atoms. The molecule has 1 saturated heterocycles. The van der Waals surface area contributed by atoms with E-state index in [1.54, 1.807) is 0 Å². The van der Waals surface area contributed by atoms with E-state index in [1.807, 2.05) is 13.8 Å². The number of carbonyl (C=O) groups excluding carboxylic acids is 1. The standard InChI is InChI=1S/C14H25N3O/c1-4-14(5-2,6-3)16-13(18)11-17-9-7-8-12(15)10-17/h1,12H,5-11,15H2,2-3H3,(H,16,18)/t12-/m1/s1. The number of piperidine rings is 1. The first-order chi connectivity index (χ1) is 8.55. The van der Waals surface area contributed by atoms with E-state index in [-0.39, 0.29) is 11.9 Å². The molecular weight excluding hydrogens is 226 g/mol. The molecule has 0 aromatic heterocycles. The Bertz CT molecular complexity index is 317. The van der Waals surface area contributed by atoms with Gasteiger partial charge in [-0.3, -0.25) is 9.69 Å². The Morgan fingerprint density at radius 3 is 2.72 bits per heavy atom. The molecule has 0 spiro atoms. The van der Waals surface area contributed by atoms with Crippen LogP contribution in [-0.4, -0.2) is 42.0 Å². The highest BCUT2D eigenvalue weighted by Crippen LogP contribution is 2.14. The van der Waals surface area contributed by atoms with Crippen LogP contribution in [-0.2, 0) is 4.79 Å². The molecule has 0 saturated carbocycles. The van der Waals surface area contributed by atoms with Gasteiger partial charge in [0.2, 0.25) is 5.91 Å². The molecule has 0 aromatic rings. The number of likely N-dealkylation sites (tertiary alicyclic amines) is 1. The summed E-state index contributed by atoms with van der Waals surface area (Å²) in [6, 6.07) is 0.196. The molecular formula is C14H25N3O. The summed E-state index contributed by atoms with van der Waals surface area (Å²) in [5.41, 5.74) is 5.41. The minimum atomic E-state index is -0.491. The fourth-order valence-corrected chi connectivity index (χ4v) is 2.41. The molecule has 1 fully saturated rings. The molecule has 1 rings (SSSR count). The van der Waals surface area contributed by atoms with Gasteiger partial charge >= 0.3 is 0 Å². The predicted octanol–water partition coefficient (Wildman–Crippen LogP) is 0.718. The smallest absolute Gasteiger partial charge is 0.235 e. The highest BCUT2D eigenvalue weighted by molar-refractivity contribution is 5.79. The van der Waals surface area contributed by atoms with Gasteiger partial charge in [0.1, 0.15) is 5.54 Å². The second-order valence-corrected chi connectivity index (χ2v) is 5.12. The highest BCUT2D eigenvalue weighted by atomic mass is 16.2. The molecule has 1 amide bonds. The number of hydrogen-bond donors (Lipinski definition) is 2. The number of nitrogens with zero attached hydrogens (tertiary/aromatic N) is 1. The van der Waals surface area contributed by atoms with E-state index < -0.39 is 5.54 Å². The number of nitrogens with one attached hydrogen (secondary N) is 1. The van der Waals surface area contributed by atoms with Crippen LogP contribution in [0.25, 0.3) is 0 Å². The Kier molecular flexibility index (Phi) is 5.64. The van der Waals surface area contributed by atoms with Crippen LogP contribution in [0.15, 0.2) is 0 Å². The van der Waals surface area contributed by atoms with Crippen LogP contribution in [0.4, 0.5) is 0 Å². The van der Waals surface area contributed by atoms with Gasteiger partial charge in [-0.2, -0.15) is 0 Å². The average molecular weight is 251 g/mol. The largest absolute Gasteiger partial charge is 0.339 e. The van der Waals surface area contributed by atoms with E-state index in [2.05, 4.69) is 16.1 Å². The second kappa shape index (κ2) is 6.77. The molecule has 1 aliphatic heterocycles. The van der Waals surface area contributed by atoms with Crippen molar-refractivity contribution in [2.24, 2.45) is 5.73 Å². The van der Waals surface area contributed by atoms with Crippen molar-refractivity contribution in [2.75, 3.05) is 19.6 Å². The molecule has 0 unspecified atom stereocenters. The molecule has 3 N–H and O–H groups in total. The van der Waals surface area contributed by atoms with Crippen LogP contribution < -0.4 is 11.1 Å². The summed E-state index contributed by atoms with van der Waals surface area (Å²) < 4.78 is 0. The van der Waals surface area contributed by atoms with Gasteiger partial charge in [-0.05, 0) is 32.2 Å². The maximum absolute atomic E-state index is 12.0. The molecule has 4 heteroatoms. The fourth-order valence-electron chi connectivity index (χ4n) is 2.41. The van der Waals surface area contributed by atoms with E-state index in [4.69, 9.17) is 12.2 Å². The Morgan fingerprint density at radius 2 is 2.22 bits per heavy atom. The summed E-state index contributed by atoms with van der Waals surface area (Å²) in [7, 11) is 0. The van der Waals surface area contributed by atoms with E-state index >= 15 is 0 Å². The first-order valence-corrected chi connectivity index (χ1v) is 6.82. The monoisotopic (exact) mass is 251 g/mol. The van der Waals surface area contributed by atoms with Crippen molar-refractivity contribution in [3.8, 4) is 12.3 Å². The van der Waals surface area contributed by atoms with Gasteiger partial charge in [0.05, 0.1) is 6.54 Å². The number of nitrogens with two attached hydrogens (primary N) is 1. The van der Waals surface area contributed by atoms with Crippen molar-refractivity contribution in [1.82, 2.24) is 10.2 Å². The van der Waals surface area contributed by atoms with Gasteiger partial charge in [-0.15, -0.1) is 6.42 Å². The number of carbonyl (C=O) groups is 1. The lowest BCUT2D eigenvalue weighted by atomic mass is 9.94. The lowest BCUT2D eigenvalue weighted by molar-refractivity contribution is -0.123. The van der Waals surface area contributed by atoms with Crippen LogP contribution in [0.1, 0.15) is 39.5 Å². The summed E-state index contributed by atoms with van der Waals surface area (Å²) in [6.45, 7) is 6.15. The molecule has 4 nitrogen and oxygen atoms in total. The minimum Gasteiger partial charge on any atom is -0.339 e. The molecule has 1 heterocycles. The number of rotatable bonds is 5. The Morgan fingerprint density at radius 1 is 1.56 bits per heavy atom. The maximum Gasteiger partial charge on any atom is 0.235 e. The number of amides is 1. The van der Waals surface area contributed by atoms with E-state index in [0.717, 1.165) is 38.8 Å². The molecule has 0 aromatic carbocycles. The third-order valence-electron chi connectivity index (χ3n) is 3.77. The lowest BCUT2D eigenvalue weighted by Gasteiger charge is -2.32. The predicted molar refractivity (Wildman–Crippen MR) is 73.9 cm³/mol. The Balaban J connectivity index is 2.48. The van der Waals surface area contributed by atoms with Crippen molar-refractivity contribution < 1.29 is 4.79 Å². The third kappa shape index (κ3) is 4.01. The minimum absolute atomic E-state index is 0.00532. The average Bonchev–Trinajstić information content (AvgIpc) is 2.36. The Hall–Kier alpha value is -1.05. The van der Waals surface area contributed by atoms with Gasteiger partial charge in [0.15, 0.2) is 0 Å². The van der Waals surface area contributed by atoms with Crippen molar-refractivity contribution >= 4 is 5.91 Å². The quantitative estimate of drug-likeness (QED) is 0.708. The fraction of sp³-hybridized carbons (Fsp3) is 0.786. The first kappa shape index (κ1) is 15.0. The SMILES string of the molecule is C#CC(CC)(CC)NC(=O)CN1CCC[C@@H](N)C1. The van der Waals surface area contributed by atoms with Crippen molar-refractivity contribution in [2.45, 2.75) is 51.1 Å². The summed E-state index contributed by atoms with van der Waals surface area (Å²) in [4.78, 5) is 14.1. The summed E-state index contributed by atoms with van der Waals surface area (Å²) >= 11 is 0. The van der Waals surface area contributed by atoms with Gasteiger partial charge in [-0.25, -0.2) is 0 Å². The van der Waals surface area contributed by atoms with Gasteiger partial charge < -0.3 is 11.1 Å². The van der Waals surface area contributed by atoms with E-state index in [0.29, 0.717) is 6.54 Å². The van der Waals surface area contributed by atoms with Gasteiger partial charge in [-0.1, -0.05) is 19.8 Å². The summed E-state index contributed by atoms with van der Waals surface area (Å²) in [5, 5.41) is 2.98. The van der Waals surface area contributed by atoms with E-state index in [1.165, 1.54) is 0 Å². The van der Waals surface area contributed by atoms with Crippen molar-refractivity contribution in [1.29, 1.82) is 0 Å². The maximum atomic E-state index is 12.0. The zero-order valence-corrected chi connectivity index (χ0v) is 11.5. The highest BCUT2D eigenvalue weighted by Gasteiger charge is 2.26. The van der Waals surface area contributed by atoms with Crippen molar-refractivity contribution in [3.05, 3.63) is 0 Å². The van der Waals surface area contributed by atoms with Crippen molar-refractivity contribution in [3.63, 3.8) is 0 Å². The van der Waals surface area contributed by atoms with Gasteiger partial charge in [0.25, 0.3) is 0 Å². The zero-order chi connectivity index (χ0) is 13.6. The molecule has 0 bridgehead atoms. The molecule has 0 aliphatic carbocycles. The topological polar surface area (TPSA) is 58.4 Å². The molecule has 1 aliphatic rings. The molecule has 1 atom stereocenters. The Labute approximate surface area is 110 Å².